The smallest absolute Gasteiger partial charge is 0.178 e. The van der Waals surface area contributed by atoms with Crippen molar-refractivity contribution < 1.29 is 9.78 Å². The summed E-state index contributed by atoms with van der Waals surface area (Å²) in [6.45, 7) is 0. The molecule has 0 amide bonds. The van der Waals surface area contributed by atoms with Crippen molar-refractivity contribution in [2.45, 2.75) is 14.7 Å². The molecule has 24 heavy (non-hydrogen) atoms. The van der Waals surface area contributed by atoms with Gasteiger partial charge >= 0.3 is 0 Å². The van der Waals surface area contributed by atoms with E-state index in [0.717, 1.165) is 9.79 Å². The van der Waals surface area contributed by atoms with Crippen molar-refractivity contribution in [3.8, 4) is 11.5 Å². The second-order valence-corrected chi connectivity index (χ2v) is 8.16. The van der Waals surface area contributed by atoms with Crippen LogP contribution in [0.3, 0.4) is 0 Å². The van der Waals surface area contributed by atoms with E-state index in [1.54, 1.807) is 21.6 Å². The highest BCUT2D eigenvalue weighted by atomic mass is 33.1. The minimum Gasteiger partial charge on any atom is -0.290 e. The van der Waals surface area contributed by atoms with Gasteiger partial charge in [-0.25, -0.2) is 0 Å². The van der Waals surface area contributed by atoms with E-state index in [1.165, 1.54) is 15.7 Å². The van der Waals surface area contributed by atoms with E-state index in [-0.39, 0.29) is 0 Å². The van der Waals surface area contributed by atoms with Crippen molar-refractivity contribution in [2.75, 3.05) is 0 Å². The van der Waals surface area contributed by atoms with Crippen molar-refractivity contribution in [3.63, 3.8) is 0 Å². The Morgan fingerprint density at radius 2 is 1.00 bits per heavy atom. The largest absolute Gasteiger partial charge is 0.290 e. The molecular formula is C18H14O2S4. The van der Waals surface area contributed by atoms with Crippen LogP contribution >= 0.6 is 44.0 Å². The predicted octanol–water partition coefficient (Wildman–Crippen LogP) is 6.80. The first-order chi connectivity index (χ1) is 11.8. The number of thiol groups is 1. The fraction of sp³-hybridized carbons (Fsp3) is 0. The maximum Gasteiger partial charge on any atom is 0.178 e. The summed E-state index contributed by atoms with van der Waals surface area (Å²) in [5.74, 6) is 1.32. The Morgan fingerprint density at radius 3 is 1.50 bits per heavy atom. The van der Waals surface area contributed by atoms with Gasteiger partial charge in [0, 0.05) is 14.7 Å². The maximum absolute atomic E-state index is 5.34. The van der Waals surface area contributed by atoms with E-state index in [0.29, 0.717) is 11.5 Å². The standard InChI is InChI=1S/C18H14O2S4/c21-22-16-10-6-14(7-11-16)19-20-15-8-12-18(13-9-15)24-23-17-4-2-1-3-5-17/h1-13,21H. The Kier molecular flexibility index (Phi) is 6.72. The van der Waals surface area contributed by atoms with E-state index in [2.05, 4.69) is 23.8 Å². The first-order valence-electron chi connectivity index (χ1n) is 7.09. The zero-order valence-corrected chi connectivity index (χ0v) is 15.8. The highest BCUT2D eigenvalue weighted by Gasteiger charge is 2.01. The molecule has 0 heterocycles. The van der Waals surface area contributed by atoms with Gasteiger partial charge in [0.2, 0.25) is 0 Å². The molecule has 0 saturated carbocycles. The number of hydrogen-bond donors (Lipinski definition) is 1. The van der Waals surface area contributed by atoms with Crippen molar-refractivity contribution in [3.05, 3.63) is 78.9 Å². The summed E-state index contributed by atoms with van der Waals surface area (Å²) in [6, 6.07) is 25.7. The number of hydrogen-bond acceptors (Lipinski definition) is 6. The molecule has 0 aliphatic heterocycles. The highest BCUT2D eigenvalue weighted by Crippen LogP contribution is 2.37. The minimum atomic E-state index is 0.652. The van der Waals surface area contributed by atoms with Crippen LogP contribution in [-0.2, 0) is 0 Å². The lowest BCUT2D eigenvalue weighted by atomic mass is 10.3. The maximum atomic E-state index is 5.34. The Labute approximate surface area is 158 Å². The molecule has 0 unspecified atom stereocenters. The first kappa shape index (κ1) is 17.5. The average Bonchev–Trinajstić information content (AvgIpc) is 2.67. The fourth-order valence-electron chi connectivity index (χ4n) is 1.78. The van der Waals surface area contributed by atoms with Gasteiger partial charge in [0.1, 0.15) is 0 Å². The SMILES string of the molecule is SSc1ccc(OOc2ccc(SSc3ccccc3)cc2)cc1. The summed E-state index contributed by atoms with van der Waals surface area (Å²) in [7, 11) is 4.83. The van der Waals surface area contributed by atoms with Gasteiger partial charge in [-0.2, -0.15) is 0 Å². The van der Waals surface area contributed by atoms with Crippen LogP contribution < -0.4 is 9.78 Å². The fourth-order valence-corrected chi connectivity index (χ4v) is 4.35. The zero-order valence-electron chi connectivity index (χ0n) is 12.5. The van der Waals surface area contributed by atoms with Gasteiger partial charge < -0.3 is 0 Å². The molecule has 0 fully saturated rings. The van der Waals surface area contributed by atoms with Crippen molar-refractivity contribution in [1.82, 2.24) is 0 Å². The van der Waals surface area contributed by atoms with Crippen LogP contribution in [0.1, 0.15) is 0 Å². The molecule has 3 aromatic rings. The third-order valence-electron chi connectivity index (χ3n) is 2.96. The second-order valence-electron chi connectivity index (χ2n) is 4.68. The Hall–Kier alpha value is -1.34. The van der Waals surface area contributed by atoms with E-state index in [4.69, 9.17) is 9.78 Å². The van der Waals surface area contributed by atoms with Crippen LogP contribution in [0.15, 0.2) is 93.5 Å². The minimum absolute atomic E-state index is 0.652. The van der Waals surface area contributed by atoms with Crippen LogP contribution in [0.5, 0.6) is 11.5 Å². The molecule has 122 valence electrons. The van der Waals surface area contributed by atoms with E-state index in [9.17, 15) is 0 Å². The molecule has 0 spiro atoms. The molecule has 0 aliphatic rings. The quantitative estimate of drug-likeness (QED) is 0.206. The van der Waals surface area contributed by atoms with Crippen molar-refractivity contribution in [1.29, 1.82) is 0 Å². The second kappa shape index (κ2) is 9.22. The van der Waals surface area contributed by atoms with Gasteiger partial charge in [0.25, 0.3) is 0 Å². The summed E-state index contributed by atoms with van der Waals surface area (Å²) < 4.78 is 0. The van der Waals surface area contributed by atoms with E-state index in [1.807, 2.05) is 66.7 Å². The van der Waals surface area contributed by atoms with Crippen LogP contribution in [0.4, 0.5) is 0 Å². The third kappa shape index (κ3) is 5.34. The molecule has 0 bridgehead atoms. The van der Waals surface area contributed by atoms with E-state index < -0.39 is 0 Å². The lowest BCUT2D eigenvalue weighted by Crippen LogP contribution is -1.99. The molecule has 3 rings (SSSR count). The molecule has 2 nitrogen and oxygen atoms in total. The topological polar surface area (TPSA) is 18.5 Å². The Morgan fingerprint density at radius 1 is 0.542 bits per heavy atom. The van der Waals surface area contributed by atoms with Crippen LogP contribution in [0.2, 0.25) is 0 Å². The molecular weight excluding hydrogens is 376 g/mol. The lowest BCUT2D eigenvalue weighted by Gasteiger charge is -2.07. The summed E-state index contributed by atoms with van der Waals surface area (Å²) in [6.07, 6.45) is 0. The molecule has 0 N–H and O–H groups in total. The normalized spacial score (nSPS) is 10.4. The van der Waals surface area contributed by atoms with Gasteiger partial charge in [0.05, 0.1) is 0 Å². The Bertz CT molecular complexity index is 746. The molecule has 0 radical (unpaired) electrons. The molecule has 6 heteroatoms. The van der Waals surface area contributed by atoms with Gasteiger partial charge in [-0.05, 0) is 60.7 Å². The van der Waals surface area contributed by atoms with Crippen LogP contribution in [0, 0.1) is 0 Å². The van der Waals surface area contributed by atoms with Crippen LogP contribution in [0.25, 0.3) is 0 Å². The lowest BCUT2D eigenvalue weighted by molar-refractivity contribution is -0.1000. The third-order valence-corrected chi connectivity index (χ3v) is 6.50. The number of rotatable bonds is 7. The van der Waals surface area contributed by atoms with Gasteiger partial charge in [-0.1, -0.05) is 50.6 Å². The van der Waals surface area contributed by atoms with Gasteiger partial charge in [-0.3, -0.25) is 9.78 Å². The summed E-state index contributed by atoms with van der Waals surface area (Å²) in [5, 5.41) is 0. The van der Waals surface area contributed by atoms with Crippen molar-refractivity contribution in [2.24, 2.45) is 0 Å². The highest BCUT2D eigenvalue weighted by molar-refractivity contribution is 8.76. The molecule has 0 aromatic heterocycles. The Balaban J connectivity index is 1.50. The first-order valence-corrected chi connectivity index (χ1v) is 11.1. The predicted molar refractivity (Wildman–Crippen MR) is 107 cm³/mol. The summed E-state index contributed by atoms with van der Waals surface area (Å²) >= 11 is 4.14. The monoisotopic (exact) mass is 390 g/mol. The van der Waals surface area contributed by atoms with E-state index >= 15 is 0 Å². The zero-order chi connectivity index (χ0) is 16.6. The molecule has 0 saturated heterocycles. The van der Waals surface area contributed by atoms with Gasteiger partial charge in [0.15, 0.2) is 11.5 Å². The molecule has 0 aliphatic carbocycles. The molecule has 3 aromatic carbocycles. The van der Waals surface area contributed by atoms with Crippen molar-refractivity contribution >= 4 is 44.0 Å². The van der Waals surface area contributed by atoms with Crippen LogP contribution in [-0.4, -0.2) is 0 Å². The summed E-state index contributed by atoms with van der Waals surface area (Å²) in [5.41, 5.74) is 0. The number of benzene rings is 3. The van der Waals surface area contributed by atoms with Gasteiger partial charge in [-0.15, -0.1) is 11.7 Å². The average molecular weight is 391 g/mol. The summed E-state index contributed by atoms with van der Waals surface area (Å²) in [4.78, 5) is 14.1. The molecule has 0 atom stereocenters.